The molecule has 0 aliphatic heterocycles. The van der Waals surface area contributed by atoms with Crippen LogP contribution in [-0.4, -0.2) is 16.1 Å². The third-order valence-corrected chi connectivity index (χ3v) is 3.19. The SMILES string of the molecule is Cl.NC1CC1c1ccc(Nc2ccc(O)cc2)nc1. The van der Waals surface area contributed by atoms with Crippen LogP contribution in [0.3, 0.4) is 0 Å². The number of nitrogens with one attached hydrogen (secondary N) is 1. The van der Waals surface area contributed by atoms with Crippen molar-refractivity contribution in [3.63, 3.8) is 0 Å². The molecule has 0 bridgehead atoms. The second kappa shape index (κ2) is 5.47. The van der Waals surface area contributed by atoms with Crippen molar-refractivity contribution in [2.75, 3.05) is 5.32 Å². The summed E-state index contributed by atoms with van der Waals surface area (Å²) in [4.78, 5) is 4.36. The van der Waals surface area contributed by atoms with Gasteiger partial charge in [-0.05, 0) is 42.3 Å². The molecule has 0 saturated heterocycles. The minimum absolute atomic E-state index is 0. The summed E-state index contributed by atoms with van der Waals surface area (Å²) in [5, 5.41) is 12.4. The Kier molecular flexibility index (Phi) is 3.93. The maximum absolute atomic E-state index is 9.20. The lowest BCUT2D eigenvalue weighted by atomic mass is 10.2. The molecule has 5 heteroatoms. The molecule has 3 rings (SSSR count). The van der Waals surface area contributed by atoms with Gasteiger partial charge < -0.3 is 16.2 Å². The standard InChI is InChI=1S/C14H15N3O.ClH/c15-13-7-12(13)9-1-6-14(16-8-9)17-10-2-4-11(18)5-3-10;/h1-6,8,12-13,18H,7,15H2,(H,16,17);1H. The summed E-state index contributed by atoms with van der Waals surface area (Å²) in [5.41, 5.74) is 7.91. The van der Waals surface area contributed by atoms with Gasteiger partial charge in [-0.15, -0.1) is 12.4 Å². The molecule has 0 radical (unpaired) electrons. The number of anilines is 2. The topological polar surface area (TPSA) is 71.2 Å². The second-order valence-electron chi connectivity index (χ2n) is 4.65. The third-order valence-electron chi connectivity index (χ3n) is 3.19. The van der Waals surface area contributed by atoms with Crippen LogP contribution in [0.5, 0.6) is 5.75 Å². The third kappa shape index (κ3) is 3.16. The number of halogens is 1. The lowest BCUT2D eigenvalue weighted by molar-refractivity contribution is 0.475. The van der Waals surface area contributed by atoms with Crippen LogP contribution in [0.25, 0.3) is 0 Å². The Hall–Kier alpha value is -1.78. The highest BCUT2D eigenvalue weighted by atomic mass is 35.5. The molecule has 1 aromatic carbocycles. The molecule has 1 aromatic heterocycles. The lowest BCUT2D eigenvalue weighted by Crippen LogP contribution is -2.01. The van der Waals surface area contributed by atoms with Crippen molar-refractivity contribution in [2.45, 2.75) is 18.4 Å². The Bertz CT molecular complexity index is 542. The van der Waals surface area contributed by atoms with Gasteiger partial charge in [0.1, 0.15) is 11.6 Å². The van der Waals surface area contributed by atoms with Crippen LogP contribution in [0, 0.1) is 0 Å². The first-order chi connectivity index (χ1) is 8.72. The van der Waals surface area contributed by atoms with E-state index in [0.29, 0.717) is 12.0 Å². The highest BCUT2D eigenvalue weighted by molar-refractivity contribution is 5.85. The fourth-order valence-electron chi connectivity index (χ4n) is 1.99. The van der Waals surface area contributed by atoms with Crippen LogP contribution >= 0.6 is 12.4 Å². The monoisotopic (exact) mass is 277 g/mol. The Morgan fingerprint density at radius 3 is 2.37 bits per heavy atom. The fraction of sp³-hybridized carbons (Fsp3) is 0.214. The van der Waals surface area contributed by atoms with E-state index in [-0.39, 0.29) is 18.2 Å². The summed E-state index contributed by atoms with van der Waals surface area (Å²) in [6.45, 7) is 0. The first-order valence-corrected chi connectivity index (χ1v) is 6.00. The van der Waals surface area contributed by atoms with Crippen LogP contribution in [0.15, 0.2) is 42.6 Å². The van der Waals surface area contributed by atoms with Crippen LogP contribution in [0.2, 0.25) is 0 Å². The van der Waals surface area contributed by atoms with Crippen LogP contribution in [0.4, 0.5) is 11.5 Å². The van der Waals surface area contributed by atoms with Crippen molar-refractivity contribution < 1.29 is 5.11 Å². The molecule has 19 heavy (non-hydrogen) atoms. The number of aromatic hydroxyl groups is 1. The molecule has 0 amide bonds. The normalized spacial score (nSPS) is 20.5. The second-order valence-corrected chi connectivity index (χ2v) is 4.65. The Morgan fingerprint density at radius 2 is 1.84 bits per heavy atom. The van der Waals surface area contributed by atoms with E-state index < -0.39 is 0 Å². The summed E-state index contributed by atoms with van der Waals surface area (Å²) in [6, 6.07) is 11.2. The van der Waals surface area contributed by atoms with E-state index >= 15 is 0 Å². The molecule has 1 heterocycles. The quantitative estimate of drug-likeness (QED) is 0.755. The molecule has 100 valence electrons. The first-order valence-electron chi connectivity index (χ1n) is 6.00. The number of phenols is 1. The van der Waals surface area contributed by atoms with Crippen LogP contribution in [-0.2, 0) is 0 Å². The van der Waals surface area contributed by atoms with Crippen molar-refractivity contribution in [2.24, 2.45) is 5.73 Å². The zero-order valence-electron chi connectivity index (χ0n) is 10.3. The molecular weight excluding hydrogens is 262 g/mol. The van der Waals surface area contributed by atoms with Gasteiger partial charge in [0, 0.05) is 23.8 Å². The molecule has 1 saturated carbocycles. The molecular formula is C14H16ClN3O. The molecule has 4 N–H and O–H groups in total. The predicted octanol–water partition coefficient (Wildman–Crippen LogP) is 2.77. The molecule has 1 fully saturated rings. The van der Waals surface area contributed by atoms with E-state index in [1.165, 1.54) is 5.56 Å². The number of benzene rings is 1. The zero-order valence-corrected chi connectivity index (χ0v) is 11.1. The highest BCUT2D eigenvalue weighted by Crippen LogP contribution is 2.38. The molecule has 0 spiro atoms. The Labute approximate surface area is 118 Å². The highest BCUT2D eigenvalue weighted by Gasteiger charge is 2.34. The van der Waals surface area contributed by atoms with Gasteiger partial charge in [-0.25, -0.2) is 4.98 Å². The van der Waals surface area contributed by atoms with Crippen LogP contribution < -0.4 is 11.1 Å². The maximum Gasteiger partial charge on any atom is 0.130 e. The number of rotatable bonds is 3. The van der Waals surface area contributed by atoms with Crippen molar-refractivity contribution in [1.82, 2.24) is 4.98 Å². The number of nitrogens with two attached hydrogens (primary N) is 1. The van der Waals surface area contributed by atoms with Gasteiger partial charge in [0.15, 0.2) is 0 Å². The van der Waals surface area contributed by atoms with E-state index in [0.717, 1.165) is 17.9 Å². The van der Waals surface area contributed by atoms with Crippen LogP contribution in [0.1, 0.15) is 17.9 Å². The zero-order chi connectivity index (χ0) is 12.5. The van der Waals surface area contributed by atoms with Crippen molar-refractivity contribution in [1.29, 1.82) is 0 Å². The largest absolute Gasteiger partial charge is 0.508 e. The predicted molar refractivity (Wildman–Crippen MR) is 78.2 cm³/mol. The smallest absolute Gasteiger partial charge is 0.130 e. The van der Waals surface area contributed by atoms with E-state index in [1.807, 2.05) is 24.4 Å². The maximum atomic E-state index is 9.20. The van der Waals surface area contributed by atoms with Crippen molar-refractivity contribution in [3.05, 3.63) is 48.2 Å². The Balaban J connectivity index is 0.00000133. The van der Waals surface area contributed by atoms with Gasteiger partial charge in [0.05, 0.1) is 0 Å². The molecule has 2 atom stereocenters. The molecule has 1 aliphatic carbocycles. The van der Waals surface area contributed by atoms with E-state index in [1.54, 1.807) is 12.1 Å². The summed E-state index contributed by atoms with van der Waals surface area (Å²) in [7, 11) is 0. The average molecular weight is 278 g/mol. The molecule has 4 nitrogen and oxygen atoms in total. The van der Waals surface area contributed by atoms with Gasteiger partial charge in [0.25, 0.3) is 0 Å². The summed E-state index contributed by atoms with van der Waals surface area (Å²) < 4.78 is 0. The van der Waals surface area contributed by atoms with Crippen molar-refractivity contribution >= 4 is 23.9 Å². The first kappa shape index (κ1) is 13.6. The Morgan fingerprint density at radius 1 is 1.16 bits per heavy atom. The number of nitrogens with zero attached hydrogens (tertiary/aromatic N) is 1. The summed E-state index contributed by atoms with van der Waals surface area (Å²) in [6.07, 6.45) is 2.94. The number of phenolic OH excluding ortho intramolecular Hbond substituents is 1. The number of aromatic nitrogens is 1. The van der Waals surface area contributed by atoms with Crippen molar-refractivity contribution in [3.8, 4) is 5.75 Å². The van der Waals surface area contributed by atoms with E-state index in [9.17, 15) is 5.11 Å². The van der Waals surface area contributed by atoms with Gasteiger partial charge in [-0.3, -0.25) is 0 Å². The fourth-order valence-corrected chi connectivity index (χ4v) is 1.99. The summed E-state index contributed by atoms with van der Waals surface area (Å²) >= 11 is 0. The molecule has 1 aliphatic rings. The molecule has 2 unspecified atom stereocenters. The van der Waals surface area contributed by atoms with Gasteiger partial charge in [-0.2, -0.15) is 0 Å². The van der Waals surface area contributed by atoms with E-state index in [2.05, 4.69) is 16.4 Å². The molecule has 2 aromatic rings. The summed E-state index contributed by atoms with van der Waals surface area (Å²) in [5.74, 6) is 1.53. The lowest BCUT2D eigenvalue weighted by Gasteiger charge is -2.06. The van der Waals surface area contributed by atoms with Gasteiger partial charge >= 0.3 is 0 Å². The minimum Gasteiger partial charge on any atom is -0.508 e. The van der Waals surface area contributed by atoms with Gasteiger partial charge in [-0.1, -0.05) is 6.07 Å². The number of pyridine rings is 1. The average Bonchev–Trinajstić information content (AvgIpc) is 3.10. The number of hydrogen-bond donors (Lipinski definition) is 3. The number of hydrogen-bond acceptors (Lipinski definition) is 4. The van der Waals surface area contributed by atoms with Gasteiger partial charge in [0.2, 0.25) is 0 Å². The minimum atomic E-state index is 0. The van der Waals surface area contributed by atoms with E-state index in [4.69, 9.17) is 5.73 Å².